The first kappa shape index (κ1) is 15.6. The van der Waals surface area contributed by atoms with Crippen molar-refractivity contribution in [3.05, 3.63) is 57.6 Å². The lowest BCUT2D eigenvalue weighted by molar-refractivity contribution is 0.103. The number of ketones is 1. The number of hydrogen-bond donors (Lipinski definition) is 0. The van der Waals surface area contributed by atoms with Crippen LogP contribution in [0.1, 0.15) is 28.4 Å². The van der Waals surface area contributed by atoms with Gasteiger partial charge in [0.2, 0.25) is 0 Å². The molecule has 0 fully saturated rings. The van der Waals surface area contributed by atoms with Crippen LogP contribution < -0.4 is 9.47 Å². The van der Waals surface area contributed by atoms with Gasteiger partial charge in [-0.25, -0.2) is 0 Å². The normalized spacial score (nSPS) is 10.3. The van der Waals surface area contributed by atoms with Crippen LogP contribution in [0.25, 0.3) is 0 Å². The maximum atomic E-state index is 12.7. The molecule has 0 unspecified atom stereocenters. The summed E-state index contributed by atoms with van der Waals surface area (Å²) in [6.45, 7) is 4.38. The van der Waals surface area contributed by atoms with Crippen molar-refractivity contribution in [1.82, 2.24) is 0 Å². The van der Waals surface area contributed by atoms with Crippen molar-refractivity contribution in [1.29, 1.82) is 0 Å². The fourth-order valence-electron chi connectivity index (χ4n) is 2.07. The van der Waals surface area contributed by atoms with Gasteiger partial charge in [-0.3, -0.25) is 4.79 Å². The summed E-state index contributed by atoms with van der Waals surface area (Å²) < 4.78 is 11.5. The van der Waals surface area contributed by atoms with Crippen LogP contribution in [0.15, 0.2) is 40.9 Å². The van der Waals surface area contributed by atoms with E-state index in [1.54, 1.807) is 25.3 Å². The first-order valence-corrected chi connectivity index (χ1v) is 7.47. The predicted octanol–water partition coefficient (Wildman–Crippen LogP) is 4.40. The van der Waals surface area contributed by atoms with Crippen molar-refractivity contribution in [3.8, 4) is 11.5 Å². The number of carbonyl (C=O) groups is 1. The van der Waals surface area contributed by atoms with Gasteiger partial charge in [0.1, 0.15) is 11.5 Å². The lowest BCUT2D eigenvalue weighted by Crippen LogP contribution is -2.06. The molecule has 4 heteroatoms. The molecular formula is C17H17BrO3. The Labute approximate surface area is 133 Å². The van der Waals surface area contributed by atoms with Gasteiger partial charge in [0.25, 0.3) is 0 Å². The number of rotatable bonds is 5. The molecular weight excluding hydrogens is 332 g/mol. The van der Waals surface area contributed by atoms with Crippen molar-refractivity contribution < 1.29 is 14.3 Å². The molecule has 0 spiro atoms. The van der Waals surface area contributed by atoms with Crippen LogP contribution in [0.5, 0.6) is 11.5 Å². The fourth-order valence-corrected chi connectivity index (χ4v) is 2.61. The Bertz CT molecular complexity index is 665. The number of carbonyl (C=O) groups excluding carboxylic acids is 1. The molecule has 0 saturated carbocycles. The average molecular weight is 349 g/mol. The fraction of sp³-hybridized carbons (Fsp3) is 0.235. The van der Waals surface area contributed by atoms with Crippen molar-refractivity contribution in [2.24, 2.45) is 0 Å². The van der Waals surface area contributed by atoms with Gasteiger partial charge in [-0.1, -0.05) is 11.6 Å². The maximum Gasteiger partial charge on any atom is 0.196 e. The third-order valence-electron chi connectivity index (χ3n) is 3.09. The van der Waals surface area contributed by atoms with Crippen LogP contribution in [0.4, 0.5) is 0 Å². The molecule has 0 saturated heterocycles. The first-order valence-electron chi connectivity index (χ1n) is 6.68. The molecule has 2 rings (SSSR count). The van der Waals surface area contributed by atoms with E-state index in [1.807, 2.05) is 32.0 Å². The summed E-state index contributed by atoms with van der Waals surface area (Å²) in [4.78, 5) is 12.7. The highest BCUT2D eigenvalue weighted by Crippen LogP contribution is 2.29. The molecule has 0 aromatic heterocycles. The van der Waals surface area contributed by atoms with Gasteiger partial charge in [0.15, 0.2) is 5.78 Å². The molecule has 0 aliphatic heterocycles. The molecule has 0 aliphatic carbocycles. The number of halogens is 1. The molecule has 0 atom stereocenters. The molecule has 2 aromatic carbocycles. The number of methoxy groups -OCH3 is 1. The second-order valence-corrected chi connectivity index (χ2v) is 5.47. The van der Waals surface area contributed by atoms with E-state index in [0.29, 0.717) is 29.2 Å². The maximum absolute atomic E-state index is 12.7. The van der Waals surface area contributed by atoms with Gasteiger partial charge in [-0.2, -0.15) is 0 Å². The number of aryl methyl sites for hydroxylation is 1. The van der Waals surface area contributed by atoms with E-state index in [-0.39, 0.29) is 5.78 Å². The molecule has 0 heterocycles. The SMILES string of the molecule is CCOc1ccc(C)cc1C(=O)c1ccc(OC)c(Br)c1. The summed E-state index contributed by atoms with van der Waals surface area (Å²) in [7, 11) is 1.59. The highest BCUT2D eigenvalue weighted by Gasteiger charge is 2.16. The van der Waals surface area contributed by atoms with Gasteiger partial charge in [-0.15, -0.1) is 0 Å². The van der Waals surface area contributed by atoms with Crippen molar-refractivity contribution >= 4 is 21.7 Å². The Kier molecular flexibility index (Phi) is 5.02. The summed E-state index contributed by atoms with van der Waals surface area (Å²) in [6.07, 6.45) is 0. The van der Waals surface area contributed by atoms with Crippen molar-refractivity contribution in [3.63, 3.8) is 0 Å². The Hall–Kier alpha value is -1.81. The van der Waals surface area contributed by atoms with Crippen LogP contribution in [-0.4, -0.2) is 19.5 Å². The highest BCUT2D eigenvalue weighted by molar-refractivity contribution is 9.10. The van der Waals surface area contributed by atoms with Gasteiger partial charge >= 0.3 is 0 Å². The summed E-state index contributed by atoms with van der Waals surface area (Å²) in [6, 6.07) is 10.9. The second kappa shape index (κ2) is 6.76. The molecule has 2 aromatic rings. The van der Waals surface area contributed by atoms with E-state index in [9.17, 15) is 4.79 Å². The van der Waals surface area contributed by atoms with Gasteiger partial charge in [-0.05, 0) is 60.1 Å². The molecule has 0 radical (unpaired) electrons. The monoisotopic (exact) mass is 348 g/mol. The van der Waals surface area contributed by atoms with Gasteiger partial charge in [0.05, 0.1) is 23.8 Å². The van der Waals surface area contributed by atoms with Crippen LogP contribution in [-0.2, 0) is 0 Å². The van der Waals surface area contributed by atoms with E-state index in [2.05, 4.69) is 15.9 Å². The van der Waals surface area contributed by atoms with Gasteiger partial charge in [0, 0.05) is 5.56 Å². The second-order valence-electron chi connectivity index (χ2n) is 4.61. The van der Waals surface area contributed by atoms with E-state index in [4.69, 9.17) is 9.47 Å². The minimum absolute atomic E-state index is 0.0643. The van der Waals surface area contributed by atoms with Crippen molar-refractivity contribution in [2.45, 2.75) is 13.8 Å². The summed E-state index contributed by atoms with van der Waals surface area (Å²) in [5.41, 5.74) is 2.19. The quantitative estimate of drug-likeness (QED) is 0.751. The summed E-state index contributed by atoms with van der Waals surface area (Å²) >= 11 is 3.40. The molecule has 0 N–H and O–H groups in total. The van der Waals surface area contributed by atoms with Crippen LogP contribution in [0.3, 0.4) is 0 Å². The van der Waals surface area contributed by atoms with E-state index in [1.165, 1.54) is 0 Å². The molecule has 0 amide bonds. The van der Waals surface area contributed by atoms with Crippen LogP contribution in [0.2, 0.25) is 0 Å². The largest absolute Gasteiger partial charge is 0.496 e. The lowest BCUT2D eigenvalue weighted by atomic mass is 10.0. The Morgan fingerprint density at radius 1 is 1.14 bits per heavy atom. The number of hydrogen-bond acceptors (Lipinski definition) is 3. The lowest BCUT2D eigenvalue weighted by Gasteiger charge is -2.11. The third-order valence-corrected chi connectivity index (χ3v) is 3.71. The first-order chi connectivity index (χ1) is 10.1. The highest BCUT2D eigenvalue weighted by atomic mass is 79.9. The average Bonchev–Trinajstić information content (AvgIpc) is 2.48. The topological polar surface area (TPSA) is 35.5 Å². The van der Waals surface area contributed by atoms with Crippen molar-refractivity contribution in [2.75, 3.05) is 13.7 Å². The predicted molar refractivity (Wildman–Crippen MR) is 86.5 cm³/mol. The zero-order valence-corrected chi connectivity index (χ0v) is 13.9. The Balaban J connectivity index is 2.44. The van der Waals surface area contributed by atoms with Crippen LogP contribution >= 0.6 is 15.9 Å². The Morgan fingerprint density at radius 3 is 2.48 bits per heavy atom. The molecule has 3 nitrogen and oxygen atoms in total. The van der Waals surface area contributed by atoms with E-state index >= 15 is 0 Å². The summed E-state index contributed by atoms with van der Waals surface area (Å²) in [5, 5.41) is 0. The van der Waals surface area contributed by atoms with E-state index < -0.39 is 0 Å². The molecule has 0 aliphatic rings. The zero-order chi connectivity index (χ0) is 15.4. The standard InChI is InChI=1S/C17H17BrO3/c1-4-21-15-7-5-11(2)9-13(15)17(19)12-6-8-16(20-3)14(18)10-12/h5-10H,4H2,1-3H3. The Morgan fingerprint density at radius 2 is 1.86 bits per heavy atom. The molecule has 0 bridgehead atoms. The number of ether oxygens (including phenoxy) is 2. The van der Waals surface area contributed by atoms with Crippen LogP contribution in [0, 0.1) is 6.92 Å². The number of benzene rings is 2. The molecule has 21 heavy (non-hydrogen) atoms. The smallest absolute Gasteiger partial charge is 0.196 e. The zero-order valence-electron chi connectivity index (χ0n) is 12.3. The van der Waals surface area contributed by atoms with E-state index in [0.717, 1.165) is 10.0 Å². The minimum atomic E-state index is -0.0643. The third kappa shape index (κ3) is 3.45. The molecule has 110 valence electrons. The summed E-state index contributed by atoms with van der Waals surface area (Å²) in [5.74, 6) is 1.24. The minimum Gasteiger partial charge on any atom is -0.496 e. The van der Waals surface area contributed by atoms with Gasteiger partial charge < -0.3 is 9.47 Å².